The van der Waals surface area contributed by atoms with Gasteiger partial charge in [-0.15, -0.1) is 0 Å². The van der Waals surface area contributed by atoms with Crippen molar-refractivity contribution in [1.29, 1.82) is 0 Å². The van der Waals surface area contributed by atoms with E-state index in [-0.39, 0.29) is 24.3 Å². The third-order valence-corrected chi connectivity index (χ3v) is 3.33. The van der Waals surface area contributed by atoms with E-state index in [2.05, 4.69) is 0 Å². The Hall–Kier alpha value is -2.71. The lowest BCUT2D eigenvalue weighted by atomic mass is 10.0. The van der Waals surface area contributed by atoms with E-state index in [1.54, 1.807) is 0 Å². The monoisotopic (exact) mass is 309 g/mol. The largest absolute Gasteiger partial charge is 0.447 e. The van der Waals surface area contributed by atoms with Gasteiger partial charge in [-0.2, -0.15) is 0 Å². The van der Waals surface area contributed by atoms with Gasteiger partial charge in [0.2, 0.25) is 0 Å². The second-order valence-electron chi connectivity index (χ2n) is 5.42. The van der Waals surface area contributed by atoms with E-state index in [1.165, 1.54) is 11.0 Å². The first-order chi connectivity index (χ1) is 10.3. The van der Waals surface area contributed by atoms with Crippen LogP contribution in [-0.2, 0) is 4.74 Å². The summed E-state index contributed by atoms with van der Waals surface area (Å²) >= 11 is 0. The summed E-state index contributed by atoms with van der Waals surface area (Å²) in [4.78, 5) is 33.6. The fourth-order valence-corrected chi connectivity index (χ4v) is 2.45. The second kappa shape index (κ2) is 5.96. The number of ether oxygens (including phenoxy) is 1. The SMILES string of the molecule is CC(C)CC1COC(=O)N1c1ccc([N+](=O)[O-])cc1[N+](=O)[O-]. The third kappa shape index (κ3) is 2.97. The normalized spacial score (nSPS) is 17.7. The average Bonchev–Trinajstić information content (AvgIpc) is 2.78. The molecule has 0 aromatic heterocycles. The lowest BCUT2D eigenvalue weighted by Crippen LogP contribution is -2.34. The van der Waals surface area contributed by atoms with Crippen LogP contribution < -0.4 is 4.90 Å². The number of nitro benzene ring substituents is 2. The molecule has 22 heavy (non-hydrogen) atoms. The van der Waals surface area contributed by atoms with Gasteiger partial charge in [-0.3, -0.25) is 25.1 Å². The molecule has 1 aromatic carbocycles. The van der Waals surface area contributed by atoms with Gasteiger partial charge in [0.1, 0.15) is 12.3 Å². The van der Waals surface area contributed by atoms with Gasteiger partial charge < -0.3 is 4.74 Å². The van der Waals surface area contributed by atoms with Crippen molar-refractivity contribution in [2.24, 2.45) is 5.92 Å². The van der Waals surface area contributed by atoms with E-state index in [1.807, 2.05) is 13.8 Å². The van der Waals surface area contributed by atoms with Crippen molar-refractivity contribution < 1.29 is 19.4 Å². The highest BCUT2D eigenvalue weighted by molar-refractivity contribution is 5.93. The third-order valence-electron chi connectivity index (χ3n) is 3.33. The molecule has 0 N–H and O–H groups in total. The van der Waals surface area contributed by atoms with E-state index in [0.717, 1.165) is 12.1 Å². The summed E-state index contributed by atoms with van der Waals surface area (Å²) in [6.45, 7) is 4.07. The second-order valence-corrected chi connectivity index (χ2v) is 5.42. The maximum atomic E-state index is 11.9. The molecule has 1 fully saturated rings. The van der Waals surface area contributed by atoms with Crippen LogP contribution >= 0.6 is 0 Å². The summed E-state index contributed by atoms with van der Waals surface area (Å²) in [5.41, 5.74) is -0.867. The number of benzene rings is 1. The van der Waals surface area contributed by atoms with E-state index in [4.69, 9.17) is 4.74 Å². The number of nitrogens with zero attached hydrogens (tertiary/aromatic N) is 3. The van der Waals surface area contributed by atoms with Gasteiger partial charge in [0, 0.05) is 6.07 Å². The number of anilines is 1. The fraction of sp³-hybridized carbons (Fsp3) is 0.462. The molecule has 9 nitrogen and oxygen atoms in total. The Morgan fingerprint density at radius 3 is 2.55 bits per heavy atom. The summed E-state index contributed by atoms with van der Waals surface area (Å²) < 4.78 is 4.98. The zero-order valence-corrected chi connectivity index (χ0v) is 12.1. The fourth-order valence-electron chi connectivity index (χ4n) is 2.45. The first-order valence-corrected chi connectivity index (χ1v) is 6.70. The Balaban J connectivity index is 2.47. The standard InChI is InChI=1S/C13H15N3O6/c1-8(2)5-10-7-22-13(17)14(10)11-4-3-9(15(18)19)6-12(11)16(20)21/h3-4,6,8,10H,5,7H2,1-2H3. The van der Waals surface area contributed by atoms with Gasteiger partial charge in [-0.1, -0.05) is 13.8 Å². The molecule has 2 rings (SSSR count). The van der Waals surface area contributed by atoms with Crippen LogP contribution in [0.2, 0.25) is 0 Å². The Bertz CT molecular complexity index is 630. The number of cyclic esters (lactones) is 1. The van der Waals surface area contributed by atoms with Gasteiger partial charge >= 0.3 is 6.09 Å². The number of hydrogen-bond donors (Lipinski definition) is 0. The summed E-state index contributed by atoms with van der Waals surface area (Å²) in [7, 11) is 0. The molecule has 118 valence electrons. The van der Waals surface area contributed by atoms with E-state index >= 15 is 0 Å². The molecule has 1 heterocycles. The van der Waals surface area contributed by atoms with Crippen LogP contribution in [0.1, 0.15) is 20.3 Å². The molecule has 1 aliphatic rings. The molecule has 9 heteroatoms. The highest BCUT2D eigenvalue weighted by Gasteiger charge is 2.38. The number of amides is 1. The molecule has 1 aliphatic heterocycles. The van der Waals surface area contributed by atoms with Crippen LogP contribution in [0.25, 0.3) is 0 Å². The quantitative estimate of drug-likeness (QED) is 0.610. The predicted octanol–water partition coefficient (Wildman–Crippen LogP) is 2.87. The van der Waals surface area contributed by atoms with Crippen LogP contribution in [0.3, 0.4) is 0 Å². The molecule has 1 unspecified atom stereocenters. The highest BCUT2D eigenvalue weighted by Crippen LogP contribution is 2.36. The van der Waals surface area contributed by atoms with Gasteiger partial charge in [-0.25, -0.2) is 4.79 Å². The zero-order chi connectivity index (χ0) is 16.4. The molecule has 0 saturated carbocycles. The van der Waals surface area contributed by atoms with Crippen molar-refractivity contribution in [3.8, 4) is 0 Å². The molecular weight excluding hydrogens is 294 g/mol. The molecule has 1 saturated heterocycles. The Morgan fingerprint density at radius 1 is 1.32 bits per heavy atom. The minimum Gasteiger partial charge on any atom is -0.447 e. The molecule has 1 amide bonds. The van der Waals surface area contributed by atoms with Crippen molar-refractivity contribution in [1.82, 2.24) is 0 Å². The molecule has 0 radical (unpaired) electrons. The van der Waals surface area contributed by atoms with Gasteiger partial charge in [-0.05, 0) is 18.4 Å². The Morgan fingerprint density at radius 2 is 2.00 bits per heavy atom. The van der Waals surface area contributed by atoms with Gasteiger partial charge in [0.15, 0.2) is 0 Å². The lowest BCUT2D eigenvalue weighted by Gasteiger charge is -2.22. The lowest BCUT2D eigenvalue weighted by molar-refractivity contribution is -0.393. The number of hydrogen-bond acceptors (Lipinski definition) is 6. The van der Waals surface area contributed by atoms with Crippen molar-refractivity contribution in [3.05, 3.63) is 38.4 Å². The zero-order valence-electron chi connectivity index (χ0n) is 12.1. The average molecular weight is 309 g/mol. The van der Waals surface area contributed by atoms with Gasteiger partial charge in [0.05, 0.1) is 22.0 Å². The number of carbonyl (C=O) groups is 1. The summed E-state index contributed by atoms with van der Waals surface area (Å²) in [5.74, 6) is 0.263. The van der Waals surface area contributed by atoms with Crippen molar-refractivity contribution in [2.45, 2.75) is 26.3 Å². The van der Waals surface area contributed by atoms with Crippen LogP contribution in [0.4, 0.5) is 21.9 Å². The molecule has 1 aromatic rings. The van der Waals surface area contributed by atoms with E-state index in [9.17, 15) is 25.0 Å². The number of nitro groups is 2. The molecule has 1 atom stereocenters. The summed E-state index contributed by atoms with van der Waals surface area (Å²) in [6, 6.07) is 2.89. The summed E-state index contributed by atoms with van der Waals surface area (Å²) in [6.07, 6.45) is -0.0672. The Labute approximate surface area is 125 Å². The number of rotatable bonds is 5. The van der Waals surface area contributed by atoms with Crippen LogP contribution in [0.5, 0.6) is 0 Å². The van der Waals surface area contributed by atoms with Gasteiger partial charge in [0.25, 0.3) is 11.4 Å². The number of non-ortho nitro benzene ring substituents is 1. The van der Waals surface area contributed by atoms with Crippen molar-refractivity contribution >= 4 is 23.2 Å². The highest BCUT2D eigenvalue weighted by atomic mass is 16.6. The first-order valence-electron chi connectivity index (χ1n) is 6.70. The van der Waals surface area contributed by atoms with E-state index in [0.29, 0.717) is 6.42 Å². The van der Waals surface area contributed by atoms with Crippen LogP contribution in [0.15, 0.2) is 18.2 Å². The molecule has 0 bridgehead atoms. The smallest absolute Gasteiger partial charge is 0.414 e. The van der Waals surface area contributed by atoms with Crippen LogP contribution in [0, 0.1) is 26.1 Å². The predicted molar refractivity (Wildman–Crippen MR) is 76.8 cm³/mol. The maximum Gasteiger partial charge on any atom is 0.414 e. The minimum absolute atomic E-state index is 0.0174. The van der Waals surface area contributed by atoms with Crippen molar-refractivity contribution in [2.75, 3.05) is 11.5 Å². The minimum atomic E-state index is -0.736. The topological polar surface area (TPSA) is 116 Å². The number of carbonyl (C=O) groups excluding carboxylic acids is 1. The maximum absolute atomic E-state index is 11.9. The molecule has 0 spiro atoms. The molecule has 0 aliphatic carbocycles. The Kier molecular flexibility index (Phi) is 4.25. The van der Waals surface area contributed by atoms with Crippen LogP contribution in [-0.4, -0.2) is 28.6 Å². The first kappa shape index (κ1) is 15.7. The van der Waals surface area contributed by atoms with Crippen molar-refractivity contribution in [3.63, 3.8) is 0 Å². The summed E-state index contributed by atoms with van der Waals surface area (Å²) in [5, 5.41) is 22.0. The van der Waals surface area contributed by atoms with E-state index < -0.39 is 27.3 Å². The molecular formula is C13H15N3O6.